The molecule has 0 aliphatic carbocycles. The van der Waals surface area contributed by atoms with Gasteiger partial charge in [0.1, 0.15) is 18.3 Å². The Morgan fingerprint density at radius 1 is 1.18 bits per heavy atom. The van der Waals surface area contributed by atoms with Crippen LogP contribution in [0.5, 0.6) is 0 Å². The van der Waals surface area contributed by atoms with Gasteiger partial charge in [0.25, 0.3) is 5.56 Å². The van der Waals surface area contributed by atoms with Crippen molar-refractivity contribution >= 4 is 16.9 Å². The molecule has 8 nitrogen and oxygen atoms in total. The smallest absolute Gasteiger partial charge is 0.264 e. The second kappa shape index (κ2) is 7.55. The third kappa shape index (κ3) is 3.68. The van der Waals surface area contributed by atoms with Crippen molar-refractivity contribution in [2.75, 3.05) is 26.2 Å². The number of nitrogens with zero attached hydrogens (tertiary/aromatic N) is 6. The largest absolute Gasteiger partial charge is 0.339 e. The Morgan fingerprint density at radius 2 is 1.96 bits per heavy atom. The van der Waals surface area contributed by atoms with Gasteiger partial charge in [0, 0.05) is 39.8 Å². The molecule has 0 atom stereocenters. The Morgan fingerprint density at radius 3 is 2.71 bits per heavy atom. The van der Waals surface area contributed by atoms with E-state index in [1.165, 1.54) is 28.2 Å². The lowest BCUT2D eigenvalue weighted by Crippen LogP contribution is -2.49. The summed E-state index contributed by atoms with van der Waals surface area (Å²) in [6, 6.07) is 8.51. The van der Waals surface area contributed by atoms with Gasteiger partial charge in [0.05, 0.1) is 6.20 Å². The van der Waals surface area contributed by atoms with Crippen molar-refractivity contribution in [3.05, 3.63) is 58.3 Å². The van der Waals surface area contributed by atoms with Gasteiger partial charge in [0.2, 0.25) is 5.91 Å². The van der Waals surface area contributed by atoms with Gasteiger partial charge in [-0.15, -0.1) is 0 Å². The molecule has 1 aromatic carbocycles. The topological polar surface area (TPSA) is 76.3 Å². The first-order chi connectivity index (χ1) is 13.5. The zero-order chi connectivity index (χ0) is 19.7. The summed E-state index contributed by atoms with van der Waals surface area (Å²) in [5.74, 6) is -0.0534. The average Bonchev–Trinajstić information content (AvgIpc) is 3.06. The first-order valence-corrected chi connectivity index (χ1v) is 9.44. The van der Waals surface area contributed by atoms with Gasteiger partial charge in [-0.25, -0.2) is 4.98 Å². The SMILES string of the molecule is Cc1cccc(CN2CCN(C(=O)Cn3cnc4c(cnn4C)c3=O)CC2)c1. The van der Waals surface area contributed by atoms with Crippen molar-refractivity contribution in [3.8, 4) is 0 Å². The number of carbonyl (C=O) groups excluding carboxylic acids is 1. The monoisotopic (exact) mass is 380 g/mol. The van der Waals surface area contributed by atoms with Crippen LogP contribution in [0.15, 0.2) is 41.6 Å². The van der Waals surface area contributed by atoms with Gasteiger partial charge >= 0.3 is 0 Å². The minimum Gasteiger partial charge on any atom is -0.339 e. The van der Waals surface area contributed by atoms with Crippen molar-refractivity contribution in [2.45, 2.75) is 20.0 Å². The number of amides is 1. The number of piperazine rings is 1. The van der Waals surface area contributed by atoms with E-state index < -0.39 is 0 Å². The van der Waals surface area contributed by atoms with Crippen LogP contribution < -0.4 is 5.56 Å². The predicted octanol–water partition coefficient (Wildman–Crippen LogP) is 0.783. The standard InChI is InChI=1S/C20H24N6O2/c1-15-4-3-5-16(10-15)12-24-6-8-25(9-7-24)18(27)13-26-14-21-19-17(20(26)28)11-22-23(19)2/h3-5,10-11,14H,6-9,12-13H2,1-2H3. The summed E-state index contributed by atoms with van der Waals surface area (Å²) >= 11 is 0. The molecule has 146 valence electrons. The van der Waals surface area contributed by atoms with Gasteiger partial charge in [0.15, 0.2) is 5.65 Å². The summed E-state index contributed by atoms with van der Waals surface area (Å²) in [6.07, 6.45) is 2.92. The zero-order valence-corrected chi connectivity index (χ0v) is 16.2. The lowest BCUT2D eigenvalue weighted by molar-refractivity contribution is -0.133. The van der Waals surface area contributed by atoms with Gasteiger partial charge in [-0.05, 0) is 12.5 Å². The average molecular weight is 380 g/mol. The fourth-order valence-corrected chi connectivity index (χ4v) is 3.65. The molecule has 0 N–H and O–H groups in total. The summed E-state index contributed by atoms with van der Waals surface area (Å²) in [4.78, 5) is 33.6. The highest BCUT2D eigenvalue weighted by Gasteiger charge is 2.22. The molecule has 0 saturated carbocycles. The second-order valence-electron chi connectivity index (χ2n) is 7.33. The first kappa shape index (κ1) is 18.4. The molecule has 8 heteroatoms. The van der Waals surface area contributed by atoms with E-state index in [0.29, 0.717) is 24.1 Å². The van der Waals surface area contributed by atoms with Crippen LogP contribution in [-0.4, -0.2) is 61.2 Å². The number of hydrogen-bond acceptors (Lipinski definition) is 5. The van der Waals surface area contributed by atoms with E-state index >= 15 is 0 Å². The highest BCUT2D eigenvalue weighted by molar-refractivity contribution is 5.77. The van der Waals surface area contributed by atoms with Crippen molar-refractivity contribution in [1.29, 1.82) is 0 Å². The minimum absolute atomic E-state index is 0.00848. The summed E-state index contributed by atoms with van der Waals surface area (Å²) in [7, 11) is 1.74. The summed E-state index contributed by atoms with van der Waals surface area (Å²) < 4.78 is 2.92. The third-order valence-corrected chi connectivity index (χ3v) is 5.24. The number of fused-ring (bicyclic) bond motifs is 1. The Bertz CT molecular complexity index is 1060. The molecular weight excluding hydrogens is 356 g/mol. The summed E-state index contributed by atoms with van der Waals surface area (Å²) in [5, 5.41) is 4.49. The minimum atomic E-state index is -0.232. The molecular formula is C20H24N6O2. The number of aryl methyl sites for hydroxylation is 2. The van der Waals surface area contributed by atoms with Crippen LogP contribution in [0.3, 0.4) is 0 Å². The molecule has 1 aliphatic heterocycles. The quantitative estimate of drug-likeness (QED) is 0.669. The molecule has 1 amide bonds. The molecule has 3 heterocycles. The lowest BCUT2D eigenvalue weighted by atomic mass is 10.1. The predicted molar refractivity (Wildman–Crippen MR) is 106 cm³/mol. The van der Waals surface area contributed by atoms with Crippen LogP contribution in [-0.2, 0) is 24.9 Å². The Hall–Kier alpha value is -3.00. The Balaban J connectivity index is 1.37. The zero-order valence-electron chi connectivity index (χ0n) is 16.2. The molecule has 2 aromatic heterocycles. The van der Waals surface area contributed by atoms with Crippen LogP contribution in [0, 0.1) is 6.92 Å². The van der Waals surface area contributed by atoms with Gasteiger partial charge in [-0.1, -0.05) is 29.8 Å². The first-order valence-electron chi connectivity index (χ1n) is 9.44. The second-order valence-corrected chi connectivity index (χ2v) is 7.33. The maximum atomic E-state index is 12.7. The van der Waals surface area contributed by atoms with Crippen LogP contribution in [0.2, 0.25) is 0 Å². The maximum absolute atomic E-state index is 12.7. The fourth-order valence-electron chi connectivity index (χ4n) is 3.65. The molecule has 0 radical (unpaired) electrons. The van der Waals surface area contributed by atoms with E-state index in [1.54, 1.807) is 11.7 Å². The molecule has 0 unspecified atom stereocenters. The van der Waals surface area contributed by atoms with Gasteiger partial charge < -0.3 is 4.90 Å². The highest BCUT2D eigenvalue weighted by Crippen LogP contribution is 2.11. The third-order valence-electron chi connectivity index (χ3n) is 5.24. The Labute approximate surface area is 163 Å². The van der Waals surface area contributed by atoms with Crippen LogP contribution in [0.4, 0.5) is 0 Å². The van der Waals surface area contributed by atoms with E-state index in [1.807, 2.05) is 4.90 Å². The van der Waals surface area contributed by atoms with Crippen molar-refractivity contribution in [1.82, 2.24) is 29.1 Å². The number of rotatable bonds is 4. The van der Waals surface area contributed by atoms with Crippen LogP contribution in [0.25, 0.3) is 11.0 Å². The molecule has 0 bridgehead atoms. The normalized spacial score (nSPS) is 15.3. The molecule has 1 aliphatic rings. The molecule has 4 rings (SSSR count). The van der Waals surface area contributed by atoms with E-state index in [9.17, 15) is 9.59 Å². The highest BCUT2D eigenvalue weighted by atomic mass is 16.2. The number of carbonyl (C=O) groups is 1. The van der Waals surface area contributed by atoms with E-state index in [0.717, 1.165) is 19.6 Å². The van der Waals surface area contributed by atoms with E-state index in [-0.39, 0.29) is 18.0 Å². The fraction of sp³-hybridized carbons (Fsp3) is 0.400. The van der Waals surface area contributed by atoms with Crippen molar-refractivity contribution in [2.24, 2.45) is 7.05 Å². The summed E-state index contributed by atoms with van der Waals surface area (Å²) in [5.41, 5.74) is 2.85. The van der Waals surface area contributed by atoms with Crippen molar-refractivity contribution in [3.63, 3.8) is 0 Å². The maximum Gasteiger partial charge on any atom is 0.264 e. The van der Waals surface area contributed by atoms with E-state index in [2.05, 4.69) is 46.2 Å². The van der Waals surface area contributed by atoms with Gasteiger partial charge in [-0.2, -0.15) is 5.10 Å². The number of benzene rings is 1. The molecule has 0 spiro atoms. The molecule has 28 heavy (non-hydrogen) atoms. The summed E-state index contributed by atoms with van der Waals surface area (Å²) in [6.45, 7) is 5.99. The van der Waals surface area contributed by atoms with Crippen LogP contribution in [0.1, 0.15) is 11.1 Å². The Kier molecular flexibility index (Phi) is 4.95. The van der Waals surface area contributed by atoms with E-state index in [4.69, 9.17) is 0 Å². The molecule has 3 aromatic rings. The molecule has 1 fully saturated rings. The lowest BCUT2D eigenvalue weighted by Gasteiger charge is -2.34. The van der Waals surface area contributed by atoms with Crippen molar-refractivity contribution < 1.29 is 4.79 Å². The molecule has 1 saturated heterocycles. The number of hydrogen-bond donors (Lipinski definition) is 0. The van der Waals surface area contributed by atoms with Gasteiger partial charge in [-0.3, -0.25) is 23.7 Å². The van der Waals surface area contributed by atoms with Crippen LogP contribution >= 0.6 is 0 Å². The number of aromatic nitrogens is 4.